The minimum Gasteiger partial charge on any atom is -0.254 e. The third-order valence-corrected chi connectivity index (χ3v) is 4.67. The largest absolute Gasteiger partial charge is 0.254 e. The summed E-state index contributed by atoms with van der Waals surface area (Å²) < 4.78 is 3.05. The van der Waals surface area contributed by atoms with E-state index in [0.29, 0.717) is 0 Å². The molecule has 2 rings (SSSR count). The van der Waals surface area contributed by atoms with E-state index in [-0.39, 0.29) is 0 Å². The van der Waals surface area contributed by atoms with Crippen LogP contribution in [0.5, 0.6) is 0 Å². The number of pyridine rings is 1. The lowest BCUT2D eigenvalue weighted by molar-refractivity contribution is 1.35. The van der Waals surface area contributed by atoms with Crippen molar-refractivity contribution in [3.63, 3.8) is 0 Å². The van der Waals surface area contributed by atoms with E-state index in [2.05, 4.69) is 65.8 Å². The maximum absolute atomic E-state index is 4.38. The molecule has 1 aromatic carbocycles. The smallest absolute Gasteiger partial charge is 0.0858 e. The van der Waals surface area contributed by atoms with Crippen molar-refractivity contribution < 1.29 is 0 Å². The third-order valence-electron chi connectivity index (χ3n) is 2.07. The van der Waals surface area contributed by atoms with Gasteiger partial charge < -0.3 is 0 Å². The van der Waals surface area contributed by atoms with Crippen LogP contribution in [0, 0.1) is 6.92 Å². The SMILES string of the molecule is Cc1ccc(Br)c2ncc(Br)c(Br)c12. The average molecular weight is 380 g/mol. The van der Waals surface area contributed by atoms with Crippen molar-refractivity contribution >= 4 is 58.7 Å². The maximum atomic E-state index is 4.38. The Morgan fingerprint density at radius 3 is 2.50 bits per heavy atom. The topological polar surface area (TPSA) is 12.9 Å². The van der Waals surface area contributed by atoms with Crippen LogP contribution in [0.3, 0.4) is 0 Å². The molecular formula is C10H6Br3N. The Morgan fingerprint density at radius 1 is 1.07 bits per heavy atom. The summed E-state index contributed by atoms with van der Waals surface area (Å²) >= 11 is 10.5. The van der Waals surface area contributed by atoms with Gasteiger partial charge in [0.1, 0.15) is 0 Å². The lowest BCUT2D eigenvalue weighted by Gasteiger charge is -2.06. The number of aromatic nitrogens is 1. The van der Waals surface area contributed by atoms with Crippen LogP contribution in [-0.2, 0) is 0 Å². The summed E-state index contributed by atoms with van der Waals surface area (Å²) in [5, 5.41) is 1.15. The van der Waals surface area contributed by atoms with Crippen molar-refractivity contribution in [2.75, 3.05) is 0 Å². The highest BCUT2D eigenvalue weighted by Crippen LogP contribution is 2.34. The van der Waals surface area contributed by atoms with Crippen molar-refractivity contribution in [3.05, 3.63) is 37.3 Å². The van der Waals surface area contributed by atoms with Crippen LogP contribution in [-0.4, -0.2) is 4.98 Å². The second kappa shape index (κ2) is 3.91. The first-order valence-corrected chi connectivity index (χ1v) is 6.38. The molecule has 72 valence electrons. The summed E-state index contributed by atoms with van der Waals surface area (Å²) in [5.74, 6) is 0. The van der Waals surface area contributed by atoms with E-state index in [9.17, 15) is 0 Å². The van der Waals surface area contributed by atoms with Crippen LogP contribution in [0.25, 0.3) is 10.9 Å². The van der Waals surface area contributed by atoms with Crippen molar-refractivity contribution in [2.45, 2.75) is 6.92 Å². The first-order valence-electron chi connectivity index (χ1n) is 4.00. The first kappa shape index (κ1) is 10.6. The average Bonchev–Trinajstić information content (AvgIpc) is 2.16. The molecule has 0 spiro atoms. The summed E-state index contributed by atoms with van der Waals surface area (Å²) in [6.07, 6.45) is 1.80. The molecule has 0 saturated heterocycles. The zero-order chi connectivity index (χ0) is 10.3. The van der Waals surface area contributed by atoms with Gasteiger partial charge >= 0.3 is 0 Å². The van der Waals surface area contributed by atoms with Gasteiger partial charge in [0.05, 0.1) is 9.99 Å². The van der Waals surface area contributed by atoms with Gasteiger partial charge in [0, 0.05) is 20.5 Å². The Labute approximate surface area is 107 Å². The molecule has 14 heavy (non-hydrogen) atoms. The Bertz CT molecular complexity index is 508. The maximum Gasteiger partial charge on any atom is 0.0858 e. The van der Waals surface area contributed by atoms with Gasteiger partial charge in [0.15, 0.2) is 0 Å². The lowest BCUT2D eigenvalue weighted by atomic mass is 10.1. The minimum atomic E-state index is 0.978. The van der Waals surface area contributed by atoms with Gasteiger partial charge in [-0.25, -0.2) is 0 Å². The predicted molar refractivity (Wildman–Crippen MR) is 69.6 cm³/mol. The summed E-state index contributed by atoms with van der Waals surface area (Å²) in [6.45, 7) is 2.08. The number of halogens is 3. The summed E-state index contributed by atoms with van der Waals surface area (Å²) in [7, 11) is 0. The van der Waals surface area contributed by atoms with E-state index >= 15 is 0 Å². The van der Waals surface area contributed by atoms with Crippen LogP contribution < -0.4 is 0 Å². The highest BCUT2D eigenvalue weighted by Gasteiger charge is 2.08. The third kappa shape index (κ3) is 1.64. The van der Waals surface area contributed by atoms with Gasteiger partial charge in [0.2, 0.25) is 0 Å². The van der Waals surface area contributed by atoms with Crippen molar-refractivity contribution in [1.82, 2.24) is 4.98 Å². The molecule has 1 nitrogen and oxygen atoms in total. The molecule has 0 N–H and O–H groups in total. The molecule has 0 radical (unpaired) electrons. The molecule has 0 fully saturated rings. The number of rotatable bonds is 0. The number of nitrogens with zero attached hydrogens (tertiary/aromatic N) is 1. The number of hydrogen-bond acceptors (Lipinski definition) is 1. The van der Waals surface area contributed by atoms with Crippen LogP contribution >= 0.6 is 47.8 Å². The quantitative estimate of drug-likeness (QED) is 0.638. The monoisotopic (exact) mass is 377 g/mol. The Morgan fingerprint density at radius 2 is 1.79 bits per heavy atom. The normalized spacial score (nSPS) is 10.9. The summed E-state index contributed by atoms with van der Waals surface area (Å²) in [5.41, 5.74) is 2.20. The second-order valence-corrected chi connectivity index (χ2v) is 5.51. The first-order chi connectivity index (χ1) is 6.61. The molecule has 0 aliphatic carbocycles. The van der Waals surface area contributed by atoms with E-state index in [4.69, 9.17) is 0 Å². The molecule has 0 unspecified atom stereocenters. The van der Waals surface area contributed by atoms with Crippen LogP contribution in [0.1, 0.15) is 5.56 Å². The van der Waals surface area contributed by atoms with Gasteiger partial charge in [-0.05, 0) is 66.3 Å². The molecule has 0 saturated carbocycles. The minimum absolute atomic E-state index is 0.978. The van der Waals surface area contributed by atoms with Gasteiger partial charge in [-0.3, -0.25) is 4.98 Å². The summed E-state index contributed by atoms with van der Waals surface area (Å²) in [4.78, 5) is 4.38. The molecule has 1 aromatic heterocycles. The molecular weight excluding hydrogens is 374 g/mol. The van der Waals surface area contributed by atoms with Crippen LogP contribution in [0.4, 0.5) is 0 Å². The Kier molecular flexibility index (Phi) is 2.96. The number of aryl methyl sites for hydroxylation is 1. The number of fused-ring (bicyclic) bond motifs is 1. The van der Waals surface area contributed by atoms with E-state index in [1.807, 2.05) is 6.07 Å². The van der Waals surface area contributed by atoms with E-state index in [1.54, 1.807) is 6.20 Å². The molecule has 0 bridgehead atoms. The molecule has 0 aliphatic rings. The predicted octanol–water partition coefficient (Wildman–Crippen LogP) is 4.83. The zero-order valence-electron chi connectivity index (χ0n) is 7.31. The van der Waals surface area contributed by atoms with Crippen LogP contribution in [0.15, 0.2) is 31.7 Å². The molecule has 0 atom stereocenters. The lowest BCUT2D eigenvalue weighted by Crippen LogP contribution is -1.86. The second-order valence-electron chi connectivity index (χ2n) is 3.01. The fraction of sp³-hybridized carbons (Fsp3) is 0.100. The van der Waals surface area contributed by atoms with E-state index in [1.165, 1.54) is 5.56 Å². The van der Waals surface area contributed by atoms with Crippen molar-refractivity contribution in [2.24, 2.45) is 0 Å². The fourth-order valence-corrected chi connectivity index (χ4v) is 2.70. The van der Waals surface area contributed by atoms with Crippen molar-refractivity contribution in [1.29, 1.82) is 0 Å². The highest BCUT2D eigenvalue weighted by atomic mass is 79.9. The Balaban J connectivity index is 3.01. The van der Waals surface area contributed by atoms with E-state index < -0.39 is 0 Å². The summed E-state index contributed by atoms with van der Waals surface area (Å²) in [6, 6.07) is 4.09. The van der Waals surface area contributed by atoms with Gasteiger partial charge in [-0.1, -0.05) is 6.07 Å². The number of hydrogen-bond donors (Lipinski definition) is 0. The number of benzene rings is 1. The van der Waals surface area contributed by atoms with Gasteiger partial charge in [-0.15, -0.1) is 0 Å². The standard InChI is InChI=1S/C10H6Br3N/c1-5-2-3-6(11)10-8(5)9(13)7(12)4-14-10/h2-4H,1H3. The fourth-order valence-electron chi connectivity index (χ4n) is 1.37. The molecule has 0 amide bonds. The molecule has 0 aliphatic heterocycles. The molecule has 2 aromatic rings. The van der Waals surface area contributed by atoms with Crippen LogP contribution in [0.2, 0.25) is 0 Å². The van der Waals surface area contributed by atoms with Gasteiger partial charge in [-0.2, -0.15) is 0 Å². The van der Waals surface area contributed by atoms with Crippen molar-refractivity contribution in [3.8, 4) is 0 Å². The zero-order valence-corrected chi connectivity index (χ0v) is 12.1. The Hall–Kier alpha value is 0.0700. The molecule has 4 heteroatoms. The van der Waals surface area contributed by atoms with Gasteiger partial charge in [0.25, 0.3) is 0 Å². The molecule has 1 heterocycles. The van der Waals surface area contributed by atoms with E-state index in [0.717, 1.165) is 24.3 Å². The highest BCUT2D eigenvalue weighted by molar-refractivity contribution is 9.13.